The van der Waals surface area contributed by atoms with Crippen LogP contribution in [-0.2, 0) is 16.0 Å². The summed E-state index contributed by atoms with van der Waals surface area (Å²) in [7, 11) is 1.64. The number of methoxy groups -OCH3 is 1. The number of pyridine rings is 2. The number of aromatic nitrogens is 3. The van der Waals surface area contributed by atoms with E-state index >= 15 is 0 Å². The SMILES string of the molecule is CO[C@@H](C)COc1cc(-c2ccc(N3CCN(C(=O)Cc4ccccc4)CC3)nc2)c2c(C#N)cnn2c1. The molecule has 3 aromatic heterocycles. The van der Waals surface area contributed by atoms with Crippen molar-refractivity contribution in [2.75, 3.05) is 44.8 Å². The molecular formula is C29H30N6O3. The van der Waals surface area contributed by atoms with Crippen molar-refractivity contribution in [2.24, 2.45) is 0 Å². The topological polar surface area (TPSA) is 96.0 Å². The van der Waals surface area contributed by atoms with E-state index in [4.69, 9.17) is 14.5 Å². The number of nitriles is 1. The van der Waals surface area contributed by atoms with Gasteiger partial charge in [-0.2, -0.15) is 10.4 Å². The lowest BCUT2D eigenvalue weighted by Crippen LogP contribution is -2.49. The molecule has 1 aliphatic heterocycles. The lowest BCUT2D eigenvalue weighted by Gasteiger charge is -2.35. The molecule has 1 atom stereocenters. The first-order valence-electron chi connectivity index (χ1n) is 12.7. The highest BCUT2D eigenvalue weighted by molar-refractivity contribution is 5.85. The summed E-state index contributed by atoms with van der Waals surface area (Å²) in [5.41, 5.74) is 3.90. The fraction of sp³-hybridized carbons (Fsp3) is 0.310. The summed E-state index contributed by atoms with van der Waals surface area (Å²) < 4.78 is 12.9. The molecule has 38 heavy (non-hydrogen) atoms. The van der Waals surface area contributed by atoms with E-state index in [1.54, 1.807) is 24.0 Å². The van der Waals surface area contributed by atoms with E-state index in [9.17, 15) is 10.1 Å². The maximum absolute atomic E-state index is 12.7. The average Bonchev–Trinajstić information content (AvgIpc) is 3.39. The third-order valence-corrected chi connectivity index (χ3v) is 6.81. The van der Waals surface area contributed by atoms with Crippen molar-refractivity contribution in [3.63, 3.8) is 0 Å². The summed E-state index contributed by atoms with van der Waals surface area (Å²) in [6, 6.07) is 18.0. The number of hydrogen-bond donors (Lipinski definition) is 0. The standard InChI is InChI=1S/C29H30N6O3/c1-21(37-2)20-38-25-15-26(29-24(16-30)18-32-35(29)19-25)23-8-9-27(31-17-23)33-10-12-34(13-11-33)28(36)14-22-6-4-3-5-7-22/h3-9,15,17-19,21H,10-14,20H2,1-2H3/t21-/m0/s1. The Morgan fingerprint density at radius 3 is 2.58 bits per heavy atom. The van der Waals surface area contributed by atoms with Crippen LogP contribution in [0.25, 0.3) is 16.6 Å². The number of benzene rings is 1. The van der Waals surface area contributed by atoms with E-state index in [1.165, 1.54) is 0 Å². The monoisotopic (exact) mass is 510 g/mol. The van der Waals surface area contributed by atoms with E-state index in [0.717, 1.165) is 35.6 Å². The summed E-state index contributed by atoms with van der Waals surface area (Å²) in [5, 5.41) is 14.0. The van der Waals surface area contributed by atoms with Crippen LogP contribution in [-0.4, -0.2) is 71.4 Å². The Hall–Kier alpha value is -4.42. The average molecular weight is 511 g/mol. The van der Waals surface area contributed by atoms with Crippen LogP contribution in [0.15, 0.2) is 67.1 Å². The van der Waals surface area contributed by atoms with Gasteiger partial charge in [0.2, 0.25) is 5.91 Å². The first kappa shape index (κ1) is 25.2. The Balaban J connectivity index is 1.30. The number of amides is 1. The zero-order chi connectivity index (χ0) is 26.5. The maximum Gasteiger partial charge on any atom is 0.227 e. The highest BCUT2D eigenvalue weighted by Gasteiger charge is 2.22. The van der Waals surface area contributed by atoms with Gasteiger partial charge in [-0.05, 0) is 30.7 Å². The van der Waals surface area contributed by atoms with Crippen LogP contribution in [0.1, 0.15) is 18.1 Å². The second-order valence-corrected chi connectivity index (χ2v) is 9.35. The normalized spacial score (nSPS) is 14.3. The van der Waals surface area contributed by atoms with Crippen molar-refractivity contribution >= 4 is 17.2 Å². The molecule has 5 rings (SSSR count). The molecule has 0 N–H and O–H groups in total. The molecule has 1 amide bonds. The summed E-state index contributed by atoms with van der Waals surface area (Å²) in [5.74, 6) is 1.64. The number of hydrogen-bond acceptors (Lipinski definition) is 7. The molecule has 4 aromatic rings. The first-order chi connectivity index (χ1) is 18.6. The Bertz CT molecular complexity index is 1440. The predicted molar refractivity (Wildman–Crippen MR) is 144 cm³/mol. The largest absolute Gasteiger partial charge is 0.489 e. The van der Waals surface area contributed by atoms with Crippen LogP contribution < -0.4 is 9.64 Å². The molecule has 0 bridgehead atoms. The molecule has 194 valence electrons. The van der Waals surface area contributed by atoms with Gasteiger partial charge < -0.3 is 19.3 Å². The van der Waals surface area contributed by atoms with Gasteiger partial charge in [-0.1, -0.05) is 30.3 Å². The predicted octanol–water partition coefficient (Wildman–Crippen LogP) is 3.57. The highest BCUT2D eigenvalue weighted by Crippen LogP contribution is 2.31. The second kappa shape index (κ2) is 11.3. The van der Waals surface area contributed by atoms with Gasteiger partial charge in [-0.25, -0.2) is 9.50 Å². The molecule has 0 saturated carbocycles. The van der Waals surface area contributed by atoms with Crippen molar-refractivity contribution in [1.82, 2.24) is 19.5 Å². The third kappa shape index (κ3) is 5.45. The molecule has 1 saturated heterocycles. The molecule has 0 radical (unpaired) electrons. The van der Waals surface area contributed by atoms with Crippen molar-refractivity contribution in [3.05, 3.63) is 78.2 Å². The van der Waals surface area contributed by atoms with Gasteiger partial charge in [-0.3, -0.25) is 4.79 Å². The lowest BCUT2D eigenvalue weighted by atomic mass is 10.1. The quantitative estimate of drug-likeness (QED) is 0.358. The molecule has 0 unspecified atom stereocenters. The number of fused-ring (bicyclic) bond motifs is 1. The van der Waals surface area contributed by atoms with Crippen molar-refractivity contribution in [3.8, 4) is 22.9 Å². The minimum absolute atomic E-state index is 0.0588. The van der Waals surface area contributed by atoms with Crippen LogP contribution in [0.3, 0.4) is 0 Å². The number of nitrogens with zero attached hydrogens (tertiary/aromatic N) is 6. The van der Waals surface area contributed by atoms with Gasteiger partial charge >= 0.3 is 0 Å². The van der Waals surface area contributed by atoms with Crippen molar-refractivity contribution in [1.29, 1.82) is 5.26 Å². The molecule has 9 heteroatoms. The Kier molecular flexibility index (Phi) is 7.52. The van der Waals surface area contributed by atoms with Gasteiger partial charge in [0, 0.05) is 50.6 Å². The Morgan fingerprint density at radius 2 is 1.89 bits per heavy atom. The number of carbonyl (C=O) groups is 1. The van der Waals surface area contributed by atoms with Crippen LogP contribution in [0, 0.1) is 11.3 Å². The molecule has 1 fully saturated rings. The van der Waals surface area contributed by atoms with E-state index in [1.807, 2.05) is 66.6 Å². The van der Waals surface area contributed by atoms with E-state index in [0.29, 0.717) is 42.9 Å². The van der Waals surface area contributed by atoms with Gasteiger partial charge in [0.15, 0.2) is 0 Å². The fourth-order valence-electron chi connectivity index (χ4n) is 4.56. The zero-order valence-corrected chi connectivity index (χ0v) is 21.6. The maximum atomic E-state index is 12.7. The zero-order valence-electron chi connectivity index (χ0n) is 21.6. The smallest absolute Gasteiger partial charge is 0.227 e. The van der Waals surface area contributed by atoms with Crippen LogP contribution in [0.2, 0.25) is 0 Å². The number of ether oxygens (including phenoxy) is 2. The van der Waals surface area contributed by atoms with Crippen molar-refractivity contribution < 1.29 is 14.3 Å². The van der Waals surface area contributed by atoms with E-state index in [2.05, 4.69) is 16.1 Å². The minimum Gasteiger partial charge on any atom is -0.489 e. The number of rotatable bonds is 8. The lowest BCUT2D eigenvalue weighted by molar-refractivity contribution is -0.130. The van der Waals surface area contributed by atoms with Crippen LogP contribution >= 0.6 is 0 Å². The summed E-state index contributed by atoms with van der Waals surface area (Å²) in [4.78, 5) is 21.6. The Morgan fingerprint density at radius 1 is 1.11 bits per heavy atom. The molecule has 0 aliphatic carbocycles. The van der Waals surface area contributed by atoms with Crippen LogP contribution in [0.4, 0.5) is 5.82 Å². The number of carbonyl (C=O) groups excluding carboxylic acids is 1. The van der Waals surface area contributed by atoms with Crippen LogP contribution in [0.5, 0.6) is 5.75 Å². The minimum atomic E-state index is -0.0588. The van der Waals surface area contributed by atoms with Gasteiger partial charge in [0.05, 0.1) is 36.0 Å². The van der Waals surface area contributed by atoms with Gasteiger partial charge in [0.1, 0.15) is 24.2 Å². The molecule has 1 aliphatic rings. The summed E-state index contributed by atoms with van der Waals surface area (Å²) in [6.45, 7) is 5.10. The second-order valence-electron chi connectivity index (χ2n) is 9.35. The van der Waals surface area contributed by atoms with E-state index < -0.39 is 0 Å². The molecule has 9 nitrogen and oxygen atoms in total. The Labute approximate surface area is 221 Å². The number of anilines is 1. The first-order valence-corrected chi connectivity index (χ1v) is 12.7. The molecule has 1 aromatic carbocycles. The number of piperazine rings is 1. The molecule has 4 heterocycles. The summed E-state index contributed by atoms with van der Waals surface area (Å²) >= 11 is 0. The van der Waals surface area contributed by atoms with Gasteiger partial charge in [0.25, 0.3) is 0 Å². The third-order valence-electron chi connectivity index (χ3n) is 6.81. The molecule has 0 spiro atoms. The van der Waals surface area contributed by atoms with Gasteiger partial charge in [-0.15, -0.1) is 0 Å². The fourth-order valence-corrected chi connectivity index (χ4v) is 4.56. The highest BCUT2D eigenvalue weighted by atomic mass is 16.5. The molecular weight excluding hydrogens is 480 g/mol. The van der Waals surface area contributed by atoms with E-state index in [-0.39, 0.29) is 12.0 Å². The summed E-state index contributed by atoms with van der Waals surface area (Å²) in [6.07, 6.45) is 5.50. The van der Waals surface area contributed by atoms with Crippen molar-refractivity contribution in [2.45, 2.75) is 19.4 Å².